The average molecular weight is 354 g/mol. The van der Waals surface area contributed by atoms with Crippen LogP contribution in [0.4, 0.5) is 0 Å². The number of carbonyl (C=O) groups is 1. The Bertz CT molecular complexity index is 773. The van der Waals surface area contributed by atoms with E-state index in [2.05, 4.69) is 42.3 Å². The third-order valence-corrected chi connectivity index (χ3v) is 4.97. The van der Waals surface area contributed by atoms with E-state index in [-0.39, 0.29) is 17.4 Å². The molecule has 0 bridgehead atoms. The molecule has 3 rings (SSSR count). The summed E-state index contributed by atoms with van der Waals surface area (Å²) in [4.78, 5) is 17.1. The van der Waals surface area contributed by atoms with Crippen LogP contribution < -0.4 is 10.1 Å². The van der Waals surface area contributed by atoms with Crippen LogP contribution in [0.15, 0.2) is 42.6 Å². The van der Waals surface area contributed by atoms with Crippen LogP contribution in [-0.2, 0) is 10.2 Å². The Labute approximate surface area is 154 Å². The van der Waals surface area contributed by atoms with Gasteiger partial charge in [0.05, 0.1) is 12.6 Å². The number of rotatable bonds is 6. The molecule has 5 heteroatoms. The van der Waals surface area contributed by atoms with E-state index in [0.717, 1.165) is 12.8 Å². The number of ether oxygens (including phenoxy) is 2. The highest BCUT2D eigenvalue weighted by Crippen LogP contribution is 2.41. The average Bonchev–Trinajstić information content (AvgIpc) is 2.65. The van der Waals surface area contributed by atoms with E-state index < -0.39 is 0 Å². The van der Waals surface area contributed by atoms with Crippen molar-refractivity contribution in [2.75, 3.05) is 20.3 Å². The maximum atomic E-state index is 12.9. The number of hydrogen-bond donors (Lipinski definition) is 1. The summed E-state index contributed by atoms with van der Waals surface area (Å²) >= 11 is 0. The lowest BCUT2D eigenvalue weighted by molar-refractivity contribution is 0.0920. The van der Waals surface area contributed by atoms with Crippen LogP contribution in [0.25, 0.3) is 0 Å². The zero-order valence-corrected chi connectivity index (χ0v) is 15.6. The van der Waals surface area contributed by atoms with Crippen LogP contribution in [0.5, 0.6) is 5.88 Å². The Kier molecular flexibility index (Phi) is 5.57. The first-order valence-corrected chi connectivity index (χ1v) is 9.00. The maximum absolute atomic E-state index is 12.9. The number of pyridine rings is 1. The molecule has 0 saturated heterocycles. The molecule has 0 fully saturated rings. The zero-order chi connectivity index (χ0) is 18.6. The Morgan fingerprint density at radius 3 is 2.85 bits per heavy atom. The lowest BCUT2D eigenvalue weighted by Gasteiger charge is -2.37. The monoisotopic (exact) mass is 354 g/mol. The highest BCUT2D eigenvalue weighted by Gasteiger charge is 2.33. The van der Waals surface area contributed by atoms with Crippen molar-refractivity contribution in [2.45, 2.75) is 38.1 Å². The first kappa shape index (κ1) is 18.4. The number of nitrogens with one attached hydrogen (secondary N) is 1. The van der Waals surface area contributed by atoms with Crippen LogP contribution in [0.1, 0.15) is 54.2 Å². The molecule has 1 aromatic carbocycles. The minimum Gasteiger partial charge on any atom is -0.475 e. The van der Waals surface area contributed by atoms with Gasteiger partial charge in [-0.15, -0.1) is 0 Å². The second-order valence-corrected chi connectivity index (χ2v) is 7.23. The van der Waals surface area contributed by atoms with E-state index in [1.54, 1.807) is 25.4 Å². The topological polar surface area (TPSA) is 60.5 Å². The third-order valence-electron chi connectivity index (χ3n) is 4.97. The first-order valence-electron chi connectivity index (χ1n) is 9.00. The molecule has 1 amide bonds. The van der Waals surface area contributed by atoms with E-state index >= 15 is 0 Å². The number of benzene rings is 1. The summed E-state index contributed by atoms with van der Waals surface area (Å²) < 4.78 is 10.6. The van der Waals surface area contributed by atoms with Crippen molar-refractivity contribution < 1.29 is 14.3 Å². The van der Waals surface area contributed by atoms with Gasteiger partial charge in [0.1, 0.15) is 12.2 Å². The molecule has 26 heavy (non-hydrogen) atoms. The first-order chi connectivity index (χ1) is 12.5. The molecule has 1 aromatic heterocycles. The molecule has 0 saturated carbocycles. The molecule has 1 aliphatic carbocycles. The number of nitrogens with zero attached hydrogens (tertiary/aromatic N) is 1. The molecular weight excluding hydrogens is 328 g/mol. The van der Waals surface area contributed by atoms with Gasteiger partial charge in [0.2, 0.25) is 5.88 Å². The molecule has 1 aliphatic rings. The summed E-state index contributed by atoms with van der Waals surface area (Å²) in [6, 6.07) is 11.9. The van der Waals surface area contributed by atoms with Crippen molar-refractivity contribution >= 4 is 5.91 Å². The standard InChI is InChI=1S/C21H26N2O3/c1-21(2)11-10-18(15-7-4-5-9-17(15)21)23-19(24)16-8-6-12-22-20(16)26-14-13-25-3/h4-9,12,18H,10-11,13-14H2,1-3H3,(H,23,24)/t18-/m1/s1. The smallest absolute Gasteiger partial charge is 0.257 e. The minimum atomic E-state index is -0.162. The molecule has 5 nitrogen and oxygen atoms in total. The van der Waals surface area contributed by atoms with Crippen LogP contribution in [0.2, 0.25) is 0 Å². The second kappa shape index (κ2) is 7.87. The van der Waals surface area contributed by atoms with Gasteiger partial charge < -0.3 is 14.8 Å². The maximum Gasteiger partial charge on any atom is 0.257 e. The summed E-state index contributed by atoms with van der Waals surface area (Å²) in [6.07, 6.45) is 3.56. The van der Waals surface area contributed by atoms with Crippen LogP contribution >= 0.6 is 0 Å². The van der Waals surface area contributed by atoms with Gasteiger partial charge in [0.25, 0.3) is 5.91 Å². The van der Waals surface area contributed by atoms with E-state index in [1.807, 2.05) is 6.07 Å². The van der Waals surface area contributed by atoms with Crippen molar-refractivity contribution in [1.82, 2.24) is 10.3 Å². The number of methoxy groups -OCH3 is 1. The van der Waals surface area contributed by atoms with Crippen molar-refractivity contribution in [3.63, 3.8) is 0 Å². The van der Waals surface area contributed by atoms with Gasteiger partial charge in [-0.2, -0.15) is 0 Å². The van der Waals surface area contributed by atoms with Gasteiger partial charge in [-0.1, -0.05) is 38.1 Å². The van der Waals surface area contributed by atoms with Crippen LogP contribution in [0.3, 0.4) is 0 Å². The van der Waals surface area contributed by atoms with E-state index in [0.29, 0.717) is 24.7 Å². The normalized spacial score (nSPS) is 18.0. The fourth-order valence-corrected chi connectivity index (χ4v) is 3.50. The predicted octanol–water partition coefficient (Wildman–Crippen LogP) is 3.65. The summed E-state index contributed by atoms with van der Waals surface area (Å²) in [5.41, 5.74) is 3.08. The minimum absolute atomic E-state index is 0.00115. The molecular formula is C21H26N2O3. The molecule has 138 valence electrons. The van der Waals surface area contributed by atoms with E-state index in [1.165, 1.54) is 11.1 Å². The Balaban J connectivity index is 1.79. The SMILES string of the molecule is COCCOc1ncccc1C(=O)N[C@@H]1CCC(C)(C)c2ccccc21. The van der Waals surface area contributed by atoms with E-state index in [4.69, 9.17) is 9.47 Å². The summed E-state index contributed by atoms with van der Waals surface area (Å²) in [6.45, 7) is 5.32. The molecule has 0 radical (unpaired) electrons. The quantitative estimate of drug-likeness (QED) is 0.805. The molecule has 2 aromatic rings. The van der Waals surface area contributed by atoms with Gasteiger partial charge >= 0.3 is 0 Å². The fraction of sp³-hybridized carbons (Fsp3) is 0.429. The second-order valence-electron chi connectivity index (χ2n) is 7.23. The lowest BCUT2D eigenvalue weighted by atomic mass is 9.71. The number of carbonyl (C=O) groups excluding carboxylic acids is 1. The molecule has 1 atom stereocenters. The molecule has 0 unspecified atom stereocenters. The lowest BCUT2D eigenvalue weighted by Crippen LogP contribution is -2.36. The Morgan fingerprint density at radius 2 is 2.04 bits per heavy atom. The summed E-state index contributed by atoms with van der Waals surface area (Å²) in [5.74, 6) is 0.177. The number of hydrogen-bond acceptors (Lipinski definition) is 4. The number of amides is 1. The largest absolute Gasteiger partial charge is 0.475 e. The Morgan fingerprint density at radius 1 is 1.23 bits per heavy atom. The zero-order valence-electron chi connectivity index (χ0n) is 15.6. The van der Waals surface area contributed by atoms with Gasteiger partial charge in [0.15, 0.2) is 0 Å². The fourth-order valence-electron chi connectivity index (χ4n) is 3.50. The molecule has 1 N–H and O–H groups in total. The molecule has 0 spiro atoms. The summed E-state index contributed by atoms with van der Waals surface area (Å²) in [5, 5.41) is 3.17. The van der Waals surface area contributed by atoms with Gasteiger partial charge in [-0.05, 0) is 41.5 Å². The van der Waals surface area contributed by atoms with Crippen molar-refractivity contribution in [1.29, 1.82) is 0 Å². The molecule has 0 aliphatic heterocycles. The third kappa shape index (κ3) is 3.88. The molecule has 1 heterocycles. The highest BCUT2D eigenvalue weighted by molar-refractivity contribution is 5.96. The number of aromatic nitrogens is 1. The van der Waals surface area contributed by atoms with Crippen LogP contribution in [0, 0.1) is 0 Å². The Hall–Kier alpha value is -2.40. The van der Waals surface area contributed by atoms with Crippen molar-refractivity contribution in [2.24, 2.45) is 0 Å². The van der Waals surface area contributed by atoms with Crippen LogP contribution in [-0.4, -0.2) is 31.2 Å². The van der Waals surface area contributed by atoms with Gasteiger partial charge in [-0.25, -0.2) is 4.98 Å². The van der Waals surface area contributed by atoms with Gasteiger partial charge in [-0.3, -0.25) is 4.79 Å². The van der Waals surface area contributed by atoms with Crippen molar-refractivity contribution in [3.8, 4) is 5.88 Å². The predicted molar refractivity (Wildman–Crippen MR) is 101 cm³/mol. The van der Waals surface area contributed by atoms with Crippen molar-refractivity contribution in [3.05, 3.63) is 59.3 Å². The van der Waals surface area contributed by atoms with Gasteiger partial charge in [0, 0.05) is 13.3 Å². The highest BCUT2D eigenvalue weighted by atomic mass is 16.5. The van der Waals surface area contributed by atoms with E-state index in [9.17, 15) is 4.79 Å². The number of fused-ring (bicyclic) bond motifs is 1. The summed E-state index contributed by atoms with van der Waals surface area (Å²) in [7, 11) is 1.61.